The topological polar surface area (TPSA) is 46.9 Å². The molecule has 5 heteroatoms. The van der Waals surface area contributed by atoms with E-state index in [9.17, 15) is 9.18 Å². The first-order chi connectivity index (χ1) is 16.7. The lowest BCUT2D eigenvalue weighted by atomic mass is 10.0. The van der Waals surface area contributed by atoms with Crippen LogP contribution in [0, 0.1) is 5.82 Å². The molecule has 0 unspecified atom stereocenters. The molecule has 0 spiro atoms. The lowest BCUT2D eigenvalue weighted by molar-refractivity contribution is -0.120. The summed E-state index contributed by atoms with van der Waals surface area (Å²) in [5, 5.41) is 3.01. The summed E-state index contributed by atoms with van der Waals surface area (Å²) in [5.41, 5.74) is 6.04. The molecule has 34 heavy (non-hydrogen) atoms. The van der Waals surface area contributed by atoms with E-state index in [0.29, 0.717) is 19.5 Å². The average Bonchev–Trinajstić information content (AvgIpc) is 3.22. The van der Waals surface area contributed by atoms with E-state index in [1.165, 1.54) is 12.1 Å². The van der Waals surface area contributed by atoms with Crippen molar-refractivity contribution in [2.45, 2.75) is 19.5 Å². The number of carbonyl (C=O) groups excluding carboxylic acids is 1. The maximum Gasteiger partial charge on any atom is 0.224 e. The third kappa shape index (κ3) is 4.89. The second-order valence-electron chi connectivity index (χ2n) is 8.25. The summed E-state index contributed by atoms with van der Waals surface area (Å²) in [6.45, 7) is 0.865. The number of imidazole rings is 1. The molecule has 0 aliphatic heterocycles. The van der Waals surface area contributed by atoms with Gasteiger partial charge in [-0.3, -0.25) is 4.79 Å². The van der Waals surface area contributed by atoms with Crippen LogP contribution in [0.25, 0.3) is 22.2 Å². The van der Waals surface area contributed by atoms with Crippen molar-refractivity contribution in [3.05, 3.63) is 126 Å². The molecule has 0 saturated carbocycles. The molecule has 1 aromatic heterocycles. The molecule has 0 bridgehead atoms. The Morgan fingerprint density at radius 3 is 2.18 bits per heavy atom. The minimum atomic E-state index is -0.261. The molecule has 168 valence electrons. The first-order valence-electron chi connectivity index (χ1n) is 11.3. The Morgan fingerprint density at radius 1 is 0.765 bits per heavy atom. The van der Waals surface area contributed by atoms with E-state index >= 15 is 0 Å². The first-order valence-corrected chi connectivity index (χ1v) is 11.3. The molecule has 1 amide bonds. The number of amides is 1. The van der Waals surface area contributed by atoms with E-state index < -0.39 is 0 Å². The van der Waals surface area contributed by atoms with E-state index in [0.717, 1.165) is 39.1 Å². The highest BCUT2D eigenvalue weighted by Gasteiger charge is 2.13. The number of nitrogens with zero attached hydrogens (tertiary/aromatic N) is 2. The number of carbonyl (C=O) groups is 1. The maximum absolute atomic E-state index is 13.3. The molecule has 5 aromatic rings. The van der Waals surface area contributed by atoms with Crippen LogP contribution in [0.1, 0.15) is 17.0 Å². The predicted molar refractivity (Wildman–Crippen MR) is 133 cm³/mol. The van der Waals surface area contributed by atoms with E-state index in [2.05, 4.69) is 22.0 Å². The molecule has 5 rings (SSSR count). The Labute approximate surface area is 197 Å². The monoisotopic (exact) mass is 449 g/mol. The van der Waals surface area contributed by atoms with Crippen LogP contribution in [0.4, 0.5) is 4.39 Å². The minimum absolute atomic E-state index is 0.0622. The lowest BCUT2D eigenvalue weighted by Gasteiger charge is -2.11. The van der Waals surface area contributed by atoms with E-state index in [-0.39, 0.29) is 11.7 Å². The predicted octanol–water partition coefficient (Wildman–Crippen LogP) is 5.75. The Balaban J connectivity index is 1.28. The van der Waals surface area contributed by atoms with Crippen LogP contribution >= 0.6 is 0 Å². The van der Waals surface area contributed by atoms with Crippen LogP contribution in [0.15, 0.2) is 103 Å². The van der Waals surface area contributed by atoms with Gasteiger partial charge in [-0.15, -0.1) is 0 Å². The Morgan fingerprint density at radius 2 is 1.41 bits per heavy atom. The summed E-state index contributed by atoms with van der Waals surface area (Å²) in [6, 6.07) is 32.6. The van der Waals surface area contributed by atoms with Crippen LogP contribution < -0.4 is 5.32 Å². The fraction of sp³-hybridized carbons (Fsp3) is 0.103. The van der Waals surface area contributed by atoms with Gasteiger partial charge in [0.1, 0.15) is 11.6 Å². The standard InChI is InChI=1S/C29H24FN3O/c30-25-16-12-22(13-17-25)20-33-27-9-5-4-8-26(27)32-28(33)19-31-29(34)18-21-10-14-24(15-11-21)23-6-2-1-3-7-23/h1-17H,18-20H2,(H,31,34). The van der Waals surface area contributed by atoms with E-state index in [4.69, 9.17) is 4.98 Å². The maximum atomic E-state index is 13.3. The van der Waals surface area contributed by atoms with Crippen LogP contribution in [-0.2, 0) is 24.3 Å². The molecule has 0 saturated heterocycles. The SMILES string of the molecule is O=C(Cc1ccc(-c2ccccc2)cc1)NCc1nc2ccccc2n1Cc1ccc(F)cc1. The molecule has 4 aromatic carbocycles. The lowest BCUT2D eigenvalue weighted by Crippen LogP contribution is -2.26. The van der Waals surface area contributed by atoms with Gasteiger partial charge in [0.25, 0.3) is 0 Å². The zero-order chi connectivity index (χ0) is 23.3. The fourth-order valence-corrected chi connectivity index (χ4v) is 4.08. The van der Waals surface area contributed by atoms with Crippen LogP contribution in [0.5, 0.6) is 0 Å². The summed E-state index contributed by atoms with van der Waals surface area (Å²) in [6.07, 6.45) is 0.299. The van der Waals surface area contributed by atoms with Gasteiger partial charge in [-0.05, 0) is 46.5 Å². The van der Waals surface area contributed by atoms with Crippen LogP contribution in [0.2, 0.25) is 0 Å². The highest BCUT2D eigenvalue weighted by molar-refractivity contribution is 5.79. The molecular formula is C29H24FN3O. The number of aromatic nitrogens is 2. The fourth-order valence-electron chi connectivity index (χ4n) is 4.08. The van der Waals surface area contributed by atoms with Crippen molar-refractivity contribution >= 4 is 16.9 Å². The molecule has 4 nitrogen and oxygen atoms in total. The average molecular weight is 450 g/mol. The molecule has 1 heterocycles. The third-order valence-corrected chi connectivity index (χ3v) is 5.86. The Hall–Kier alpha value is -4.25. The highest BCUT2D eigenvalue weighted by Crippen LogP contribution is 2.20. The van der Waals surface area contributed by atoms with Gasteiger partial charge < -0.3 is 9.88 Å². The van der Waals surface area contributed by atoms with Gasteiger partial charge in [-0.25, -0.2) is 9.37 Å². The molecule has 0 fully saturated rings. The van der Waals surface area contributed by atoms with Crippen molar-refractivity contribution in [1.82, 2.24) is 14.9 Å². The largest absolute Gasteiger partial charge is 0.349 e. The number of nitrogens with one attached hydrogen (secondary N) is 1. The Kier molecular flexibility index (Phi) is 6.17. The molecular weight excluding hydrogens is 425 g/mol. The van der Waals surface area contributed by atoms with Gasteiger partial charge in [0.15, 0.2) is 0 Å². The quantitative estimate of drug-likeness (QED) is 0.344. The van der Waals surface area contributed by atoms with Gasteiger partial charge >= 0.3 is 0 Å². The number of rotatable bonds is 7. The molecule has 0 radical (unpaired) electrons. The number of hydrogen-bond donors (Lipinski definition) is 1. The second-order valence-corrected chi connectivity index (χ2v) is 8.25. The van der Waals surface area contributed by atoms with Crippen LogP contribution in [-0.4, -0.2) is 15.5 Å². The summed E-state index contributed by atoms with van der Waals surface area (Å²) in [5.74, 6) is 0.440. The third-order valence-electron chi connectivity index (χ3n) is 5.86. The normalized spacial score (nSPS) is 11.0. The van der Waals surface area contributed by atoms with Crippen LogP contribution in [0.3, 0.4) is 0 Å². The number of benzene rings is 4. The summed E-state index contributed by atoms with van der Waals surface area (Å²) >= 11 is 0. The number of para-hydroxylation sites is 2. The number of halogens is 1. The van der Waals surface area contributed by atoms with Gasteiger partial charge in [-0.2, -0.15) is 0 Å². The summed E-state index contributed by atoms with van der Waals surface area (Å²) in [7, 11) is 0. The highest BCUT2D eigenvalue weighted by atomic mass is 19.1. The molecule has 0 aliphatic carbocycles. The van der Waals surface area contributed by atoms with Crippen molar-refractivity contribution in [3.63, 3.8) is 0 Å². The molecule has 0 atom stereocenters. The van der Waals surface area contributed by atoms with Crippen molar-refractivity contribution in [2.75, 3.05) is 0 Å². The minimum Gasteiger partial charge on any atom is -0.349 e. The second kappa shape index (κ2) is 9.71. The van der Waals surface area contributed by atoms with E-state index in [1.807, 2.05) is 66.7 Å². The van der Waals surface area contributed by atoms with E-state index in [1.54, 1.807) is 12.1 Å². The van der Waals surface area contributed by atoms with Gasteiger partial charge in [0, 0.05) is 6.54 Å². The zero-order valence-electron chi connectivity index (χ0n) is 18.6. The number of fused-ring (bicyclic) bond motifs is 1. The van der Waals surface area contributed by atoms with Gasteiger partial charge in [0.05, 0.1) is 24.0 Å². The zero-order valence-corrected chi connectivity index (χ0v) is 18.6. The van der Waals surface area contributed by atoms with Gasteiger partial charge in [0.2, 0.25) is 5.91 Å². The van der Waals surface area contributed by atoms with Crippen molar-refractivity contribution < 1.29 is 9.18 Å². The Bertz CT molecular complexity index is 1410. The molecule has 1 N–H and O–H groups in total. The summed E-state index contributed by atoms with van der Waals surface area (Å²) < 4.78 is 15.4. The van der Waals surface area contributed by atoms with Crippen molar-refractivity contribution in [2.24, 2.45) is 0 Å². The molecule has 0 aliphatic rings. The van der Waals surface area contributed by atoms with Crippen molar-refractivity contribution in [3.8, 4) is 11.1 Å². The number of hydrogen-bond acceptors (Lipinski definition) is 2. The summed E-state index contributed by atoms with van der Waals surface area (Å²) in [4.78, 5) is 17.4. The van der Waals surface area contributed by atoms with Gasteiger partial charge in [-0.1, -0.05) is 78.9 Å². The van der Waals surface area contributed by atoms with Crippen molar-refractivity contribution in [1.29, 1.82) is 0 Å². The first kappa shape index (κ1) is 21.6. The smallest absolute Gasteiger partial charge is 0.224 e.